The number of hydrogen-bond acceptors (Lipinski definition) is 4. The van der Waals surface area contributed by atoms with Crippen LogP contribution in [0.1, 0.15) is 54.3 Å². The molecule has 1 N–H and O–H groups in total. The fraction of sp³-hybridized carbons (Fsp3) is 0.350. The lowest BCUT2D eigenvalue weighted by atomic mass is 10.1. The summed E-state index contributed by atoms with van der Waals surface area (Å²) in [7, 11) is 0. The average molecular weight is 369 g/mol. The molecule has 0 unspecified atom stereocenters. The highest BCUT2D eigenvalue weighted by atomic mass is 32.2. The number of benzene rings is 1. The van der Waals surface area contributed by atoms with Gasteiger partial charge in [-0.3, -0.25) is 9.59 Å². The molecule has 6 heteroatoms. The molecular weight excluding hydrogens is 346 g/mol. The van der Waals surface area contributed by atoms with Gasteiger partial charge in [0, 0.05) is 29.2 Å². The third-order valence-electron chi connectivity index (χ3n) is 4.24. The van der Waals surface area contributed by atoms with Crippen molar-refractivity contribution in [2.24, 2.45) is 0 Å². The minimum Gasteiger partial charge on any atom is -0.352 e. The summed E-state index contributed by atoms with van der Waals surface area (Å²) in [4.78, 5) is 32.4. The van der Waals surface area contributed by atoms with Crippen LogP contribution in [0.4, 0.5) is 5.69 Å². The van der Waals surface area contributed by atoms with E-state index in [0.717, 1.165) is 23.4 Å². The Morgan fingerprint density at radius 3 is 2.85 bits per heavy atom. The van der Waals surface area contributed by atoms with Gasteiger partial charge in [-0.05, 0) is 50.6 Å². The lowest BCUT2D eigenvalue weighted by Gasteiger charge is -2.27. The smallest absolute Gasteiger partial charge is 0.261 e. The fourth-order valence-corrected chi connectivity index (χ4v) is 3.95. The van der Waals surface area contributed by atoms with Gasteiger partial charge in [0.25, 0.3) is 11.8 Å². The van der Waals surface area contributed by atoms with Gasteiger partial charge in [-0.2, -0.15) is 0 Å². The van der Waals surface area contributed by atoms with E-state index in [-0.39, 0.29) is 17.9 Å². The van der Waals surface area contributed by atoms with Crippen molar-refractivity contribution < 1.29 is 9.59 Å². The molecule has 0 saturated carbocycles. The Morgan fingerprint density at radius 2 is 2.12 bits per heavy atom. The average Bonchev–Trinajstić information content (AvgIpc) is 2.75. The van der Waals surface area contributed by atoms with Crippen LogP contribution in [0.5, 0.6) is 0 Å². The number of rotatable bonds is 5. The first-order valence-corrected chi connectivity index (χ1v) is 9.73. The van der Waals surface area contributed by atoms with Gasteiger partial charge in [-0.1, -0.05) is 25.1 Å². The number of unbranched alkanes of at least 4 members (excludes halogenated alkanes) is 1. The molecule has 0 bridgehead atoms. The summed E-state index contributed by atoms with van der Waals surface area (Å²) in [5.74, 6) is -0.149. The van der Waals surface area contributed by atoms with Gasteiger partial charge in [-0.25, -0.2) is 4.98 Å². The van der Waals surface area contributed by atoms with E-state index < -0.39 is 0 Å². The first-order chi connectivity index (χ1) is 12.5. The Morgan fingerprint density at radius 1 is 1.31 bits per heavy atom. The minimum atomic E-state index is -0.0882. The Hall–Kier alpha value is -2.34. The summed E-state index contributed by atoms with van der Waals surface area (Å²) >= 11 is 1.43. The van der Waals surface area contributed by atoms with Crippen LogP contribution in [-0.2, 0) is 0 Å². The summed E-state index contributed by atoms with van der Waals surface area (Å²) in [6.07, 6.45) is 3.68. The van der Waals surface area contributed by atoms with Crippen molar-refractivity contribution in [2.75, 3.05) is 11.4 Å². The molecule has 26 heavy (non-hydrogen) atoms. The van der Waals surface area contributed by atoms with E-state index >= 15 is 0 Å². The van der Waals surface area contributed by atoms with E-state index in [2.05, 4.69) is 17.2 Å². The first-order valence-electron chi connectivity index (χ1n) is 8.91. The third-order valence-corrected chi connectivity index (χ3v) is 5.31. The predicted molar refractivity (Wildman–Crippen MR) is 104 cm³/mol. The first kappa shape index (κ1) is 18.5. The van der Waals surface area contributed by atoms with Crippen LogP contribution in [0.25, 0.3) is 0 Å². The van der Waals surface area contributed by atoms with Crippen LogP contribution in [0.15, 0.2) is 46.5 Å². The Kier molecular flexibility index (Phi) is 5.61. The Balaban J connectivity index is 2.01. The summed E-state index contributed by atoms with van der Waals surface area (Å²) < 4.78 is 0. The number of hydrogen-bond donors (Lipinski definition) is 1. The van der Waals surface area contributed by atoms with Gasteiger partial charge in [0.15, 0.2) is 0 Å². The van der Waals surface area contributed by atoms with E-state index in [1.54, 1.807) is 29.3 Å². The maximum Gasteiger partial charge on any atom is 0.261 e. The molecule has 2 heterocycles. The van der Waals surface area contributed by atoms with Crippen molar-refractivity contribution in [2.45, 2.75) is 49.6 Å². The monoisotopic (exact) mass is 369 g/mol. The molecular formula is C20H23N3O2S. The van der Waals surface area contributed by atoms with E-state index in [4.69, 9.17) is 0 Å². The maximum absolute atomic E-state index is 13.0. The summed E-state index contributed by atoms with van der Waals surface area (Å²) in [5, 5.41) is 3.61. The number of pyridine rings is 1. The maximum atomic E-state index is 13.0. The van der Waals surface area contributed by atoms with Gasteiger partial charge >= 0.3 is 0 Å². The van der Waals surface area contributed by atoms with E-state index in [0.29, 0.717) is 22.7 Å². The molecule has 1 aromatic heterocycles. The predicted octanol–water partition coefficient (Wildman–Crippen LogP) is 4.13. The highest BCUT2D eigenvalue weighted by Crippen LogP contribution is 2.41. The lowest BCUT2D eigenvalue weighted by Crippen LogP contribution is -2.37. The lowest BCUT2D eigenvalue weighted by molar-refractivity contribution is 0.0951. The normalized spacial score (nSPS) is 13.2. The second-order valence-corrected chi connectivity index (χ2v) is 7.55. The number of amides is 2. The number of aromatic nitrogens is 1. The van der Waals surface area contributed by atoms with E-state index in [9.17, 15) is 9.59 Å². The molecule has 0 fully saturated rings. The number of carbonyl (C=O) groups excluding carboxylic acids is 2. The zero-order chi connectivity index (χ0) is 18.7. The zero-order valence-electron chi connectivity index (χ0n) is 15.3. The molecule has 0 spiro atoms. The molecule has 1 aromatic carbocycles. The van der Waals surface area contributed by atoms with Gasteiger partial charge in [0.2, 0.25) is 0 Å². The molecule has 1 aliphatic rings. The number of fused-ring (bicyclic) bond motifs is 2. The van der Waals surface area contributed by atoms with Gasteiger partial charge in [0.05, 0.1) is 11.3 Å². The summed E-state index contributed by atoms with van der Waals surface area (Å²) in [6.45, 7) is 6.73. The molecule has 3 rings (SSSR count). The SMILES string of the molecule is CCCCNC(=O)c1ccc2c(c1)Sc1ncccc1C(=O)N2C(C)C. The minimum absolute atomic E-state index is 0.00256. The highest BCUT2D eigenvalue weighted by molar-refractivity contribution is 7.99. The highest BCUT2D eigenvalue weighted by Gasteiger charge is 2.30. The van der Waals surface area contributed by atoms with Gasteiger partial charge < -0.3 is 10.2 Å². The van der Waals surface area contributed by atoms with Crippen LogP contribution in [-0.4, -0.2) is 29.4 Å². The fourth-order valence-electron chi connectivity index (χ4n) is 2.91. The van der Waals surface area contributed by atoms with Crippen LogP contribution in [0.3, 0.4) is 0 Å². The third kappa shape index (κ3) is 3.60. The number of nitrogens with one attached hydrogen (secondary N) is 1. The number of nitrogens with zero attached hydrogens (tertiary/aromatic N) is 2. The van der Waals surface area contributed by atoms with Crippen LogP contribution >= 0.6 is 11.8 Å². The molecule has 0 saturated heterocycles. The van der Waals surface area contributed by atoms with Crippen molar-refractivity contribution in [3.63, 3.8) is 0 Å². The zero-order valence-corrected chi connectivity index (χ0v) is 16.1. The molecule has 2 amide bonds. The molecule has 5 nitrogen and oxygen atoms in total. The Labute approximate surface area is 158 Å². The summed E-state index contributed by atoms with van der Waals surface area (Å²) in [6, 6.07) is 9.08. The van der Waals surface area contributed by atoms with Crippen molar-refractivity contribution in [3.8, 4) is 0 Å². The van der Waals surface area contributed by atoms with Crippen LogP contribution in [0, 0.1) is 0 Å². The van der Waals surface area contributed by atoms with Crippen molar-refractivity contribution in [1.82, 2.24) is 10.3 Å². The molecule has 0 radical (unpaired) electrons. The molecule has 2 aromatic rings. The molecule has 136 valence electrons. The van der Waals surface area contributed by atoms with Crippen molar-refractivity contribution in [3.05, 3.63) is 47.7 Å². The topological polar surface area (TPSA) is 62.3 Å². The van der Waals surface area contributed by atoms with E-state index in [1.165, 1.54) is 11.8 Å². The van der Waals surface area contributed by atoms with E-state index in [1.807, 2.05) is 26.0 Å². The van der Waals surface area contributed by atoms with Crippen LogP contribution < -0.4 is 10.2 Å². The largest absolute Gasteiger partial charge is 0.352 e. The Bertz CT molecular complexity index is 836. The standard InChI is InChI=1S/C20H23N3O2S/c1-4-5-10-21-18(24)14-8-9-16-17(12-14)26-19-15(7-6-11-22-19)20(25)23(16)13(2)3/h6-9,11-13H,4-5,10H2,1-3H3,(H,21,24). The van der Waals surface area contributed by atoms with Crippen molar-refractivity contribution in [1.29, 1.82) is 0 Å². The second-order valence-electron chi connectivity index (χ2n) is 6.52. The second kappa shape index (κ2) is 7.91. The van der Waals surface area contributed by atoms with Crippen molar-refractivity contribution >= 4 is 29.3 Å². The number of carbonyl (C=O) groups is 2. The molecule has 0 atom stereocenters. The molecule has 0 aliphatic carbocycles. The van der Waals surface area contributed by atoms with Crippen LogP contribution in [0.2, 0.25) is 0 Å². The quantitative estimate of drug-likeness (QED) is 0.805. The molecule has 1 aliphatic heterocycles. The van der Waals surface area contributed by atoms with Gasteiger partial charge in [-0.15, -0.1) is 0 Å². The van der Waals surface area contributed by atoms with Gasteiger partial charge in [0.1, 0.15) is 5.03 Å². The number of anilines is 1. The summed E-state index contributed by atoms with van der Waals surface area (Å²) in [5.41, 5.74) is 2.01.